The number of benzene rings is 1. The molecule has 5 atom stereocenters. The first-order chi connectivity index (χ1) is 22.9. The maximum Gasteiger partial charge on any atom is 0.338 e. The summed E-state index contributed by atoms with van der Waals surface area (Å²) in [4.78, 5) is 51.5. The van der Waals surface area contributed by atoms with Crippen LogP contribution in [0, 0.1) is 5.92 Å². The van der Waals surface area contributed by atoms with E-state index in [9.17, 15) is 24.3 Å². The molecule has 1 saturated heterocycles. The third-order valence-corrected chi connectivity index (χ3v) is 9.94. The maximum atomic E-state index is 12.4. The van der Waals surface area contributed by atoms with Crippen LogP contribution in [0.1, 0.15) is 64.7 Å². The number of piperidine rings is 1. The van der Waals surface area contributed by atoms with E-state index in [1.165, 1.54) is 25.5 Å². The summed E-state index contributed by atoms with van der Waals surface area (Å²) in [5.41, 5.74) is 3.90. The summed E-state index contributed by atoms with van der Waals surface area (Å²) >= 11 is 0. The number of allylic oxidation sites excluding steroid dienone is 1. The number of ether oxygens (including phenoxy) is 3. The van der Waals surface area contributed by atoms with Crippen LogP contribution in [-0.4, -0.2) is 88.9 Å². The number of aryl methyl sites for hydroxylation is 1. The molecule has 11 heteroatoms. The Bertz CT molecular complexity index is 1870. The number of fused-ring (bicyclic) bond motifs is 1. The molecule has 11 nitrogen and oxygen atoms in total. The third kappa shape index (κ3) is 5.35. The maximum absolute atomic E-state index is 12.4. The van der Waals surface area contributed by atoms with Gasteiger partial charge >= 0.3 is 17.9 Å². The molecule has 2 aliphatic carbocycles. The molecule has 7 rings (SSSR count). The summed E-state index contributed by atoms with van der Waals surface area (Å²) in [7, 11) is 5.78. The van der Waals surface area contributed by atoms with E-state index in [1.54, 1.807) is 41.9 Å². The highest BCUT2D eigenvalue weighted by Gasteiger charge is 2.65. The van der Waals surface area contributed by atoms with Gasteiger partial charge in [-0.1, -0.05) is 25.1 Å². The quantitative estimate of drug-likeness (QED) is 0.128. The molecule has 4 aliphatic rings. The lowest BCUT2D eigenvalue weighted by atomic mass is 9.53. The molecule has 2 aromatic heterocycles. The number of hydrogen-bond acceptors (Lipinski definition) is 9. The molecule has 3 aromatic rings. The van der Waals surface area contributed by atoms with Crippen molar-refractivity contribution in [3.05, 3.63) is 88.9 Å². The number of nitrogens with zero attached hydrogens (tertiary/aromatic N) is 3. The van der Waals surface area contributed by atoms with Gasteiger partial charge in [0.25, 0.3) is 0 Å². The van der Waals surface area contributed by atoms with Crippen molar-refractivity contribution >= 4 is 29.2 Å². The van der Waals surface area contributed by atoms with Gasteiger partial charge in [-0.15, -0.1) is 0 Å². The van der Waals surface area contributed by atoms with E-state index in [0.29, 0.717) is 29.5 Å². The average molecular weight is 656 g/mol. The predicted octanol–water partition coefficient (Wildman–Crippen LogP) is 4.45. The summed E-state index contributed by atoms with van der Waals surface area (Å²) in [5, 5.41) is 9.50. The van der Waals surface area contributed by atoms with Crippen molar-refractivity contribution in [3.63, 3.8) is 0 Å². The van der Waals surface area contributed by atoms with Crippen LogP contribution in [0.3, 0.4) is 0 Å². The number of pyridine rings is 1. The Hall–Kier alpha value is -4.90. The molecule has 1 spiro atoms. The van der Waals surface area contributed by atoms with Crippen molar-refractivity contribution in [1.82, 2.24) is 14.2 Å². The first kappa shape index (κ1) is 33.0. The number of likely N-dealkylation sites (tertiary alicyclic amines) is 1. The molecular weight excluding hydrogens is 614 g/mol. The molecule has 2 aliphatic heterocycles. The predicted molar refractivity (Wildman–Crippen MR) is 178 cm³/mol. The number of carbonyl (C=O) groups is 4. The molecule has 1 fully saturated rings. The number of esters is 2. The second kappa shape index (κ2) is 12.6. The second-order valence-corrected chi connectivity index (χ2v) is 13.0. The summed E-state index contributed by atoms with van der Waals surface area (Å²) in [6.45, 7) is 5.66. The Balaban J connectivity index is 0.000000173. The molecule has 0 saturated carbocycles. The molecule has 4 heterocycles. The lowest BCUT2D eigenvalue weighted by molar-refractivity contribution is -0.152. The number of ketones is 1. The molecule has 48 heavy (non-hydrogen) atoms. The zero-order valence-electron chi connectivity index (χ0n) is 28.1. The van der Waals surface area contributed by atoms with E-state index < -0.39 is 12.1 Å². The number of carbonyl (C=O) groups excluding carboxylic acids is 3. The van der Waals surface area contributed by atoms with E-state index in [0.717, 1.165) is 30.5 Å². The van der Waals surface area contributed by atoms with Gasteiger partial charge in [-0.25, -0.2) is 4.79 Å². The third-order valence-electron chi connectivity index (χ3n) is 9.94. The molecule has 1 aromatic carbocycles. The van der Waals surface area contributed by atoms with E-state index in [1.807, 2.05) is 31.2 Å². The Morgan fingerprint density at radius 2 is 1.88 bits per heavy atom. The zero-order valence-corrected chi connectivity index (χ0v) is 28.1. The van der Waals surface area contributed by atoms with Crippen LogP contribution in [0.25, 0.3) is 5.52 Å². The molecule has 252 valence electrons. The normalized spacial score (nSPS) is 24.7. The molecular formula is C37H41N3O8. The minimum absolute atomic E-state index is 0.0945. The lowest BCUT2D eigenvalue weighted by Crippen LogP contribution is -2.65. The number of aromatic carboxylic acids is 1. The van der Waals surface area contributed by atoms with Crippen molar-refractivity contribution in [3.8, 4) is 11.5 Å². The van der Waals surface area contributed by atoms with Crippen LogP contribution >= 0.6 is 0 Å². The second-order valence-electron chi connectivity index (χ2n) is 13.0. The molecule has 1 N–H and O–H groups in total. The highest BCUT2D eigenvalue weighted by atomic mass is 16.6. The van der Waals surface area contributed by atoms with Gasteiger partial charge in [-0.3, -0.25) is 14.4 Å². The fraction of sp³-hybridized carbons (Fsp3) is 0.405. The number of carboxylic acid groups (broad SMARTS) is 1. The van der Waals surface area contributed by atoms with Gasteiger partial charge in [-0.05, 0) is 68.3 Å². The van der Waals surface area contributed by atoms with Crippen LogP contribution < -0.4 is 9.47 Å². The highest BCUT2D eigenvalue weighted by molar-refractivity contribution is 6.12. The number of rotatable bonds is 7. The van der Waals surface area contributed by atoms with Crippen molar-refractivity contribution in [2.75, 3.05) is 27.7 Å². The average Bonchev–Trinajstić information content (AvgIpc) is 3.57. The van der Waals surface area contributed by atoms with E-state index in [-0.39, 0.29) is 46.4 Å². The van der Waals surface area contributed by atoms with Crippen molar-refractivity contribution in [1.29, 1.82) is 0 Å². The first-order valence-electron chi connectivity index (χ1n) is 16.2. The van der Waals surface area contributed by atoms with Crippen LogP contribution in [0.4, 0.5) is 0 Å². The van der Waals surface area contributed by atoms with Crippen molar-refractivity contribution in [2.45, 2.75) is 63.7 Å². The van der Waals surface area contributed by atoms with Crippen LogP contribution in [0.15, 0.2) is 61.0 Å². The smallest absolute Gasteiger partial charge is 0.338 e. The minimum Gasteiger partial charge on any atom is -0.481 e. The Kier molecular flexibility index (Phi) is 8.67. The van der Waals surface area contributed by atoms with Crippen molar-refractivity contribution in [2.24, 2.45) is 5.92 Å². The summed E-state index contributed by atoms with van der Waals surface area (Å²) in [6.07, 6.45) is 10.6. The molecule has 2 bridgehead atoms. The monoisotopic (exact) mass is 655 g/mol. The summed E-state index contributed by atoms with van der Waals surface area (Å²) in [5.74, 6) is -0.678. The zero-order chi connectivity index (χ0) is 34.5. The first-order valence-corrected chi connectivity index (χ1v) is 16.2. The van der Waals surface area contributed by atoms with E-state index in [4.69, 9.17) is 14.2 Å². The van der Waals surface area contributed by atoms with E-state index >= 15 is 0 Å². The van der Waals surface area contributed by atoms with Crippen LogP contribution in [-0.2, 0) is 32.6 Å². The number of hydrogen-bond donors (Lipinski definition) is 1. The van der Waals surface area contributed by atoms with Gasteiger partial charge in [0.05, 0.1) is 5.56 Å². The van der Waals surface area contributed by atoms with Gasteiger partial charge in [0.15, 0.2) is 17.6 Å². The fourth-order valence-corrected chi connectivity index (χ4v) is 8.14. The molecule has 0 unspecified atom stereocenters. The van der Waals surface area contributed by atoms with Crippen molar-refractivity contribution < 1.29 is 38.5 Å². The SMILES string of the molecule is CC(=O)Oc1ccc2c3c1O[C@H]1[C@@H](OC(C)=O)C=C[C@H]4[C@@H](C2)N(C)CC[C@@]341.CCc1c(C(=O)O)c(C(=O)/C=C/N(C)C)n2ccccc12. The number of carboxylic acids is 1. The lowest BCUT2D eigenvalue weighted by Gasteiger charge is -2.56. The highest BCUT2D eigenvalue weighted by Crippen LogP contribution is 2.62. The van der Waals surface area contributed by atoms with E-state index in [2.05, 4.69) is 24.1 Å². The van der Waals surface area contributed by atoms with Crippen LogP contribution in [0.2, 0.25) is 0 Å². The summed E-state index contributed by atoms with van der Waals surface area (Å²) in [6, 6.07) is 9.73. The number of aromatic nitrogens is 1. The molecule has 0 radical (unpaired) electrons. The fourth-order valence-electron chi connectivity index (χ4n) is 8.14. The van der Waals surface area contributed by atoms with Gasteiger partial charge in [-0.2, -0.15) is 0 Å². The van der Waals surface area contributed by atoms with Gasteiger partial charge in [0.2, 0.25) is 5.78 Å². The topological polar surface area (TPSA) is 127 Å². The van der Waals surface area contributed by atoms with Gasteiger partial charge < -0.3 is 33.5 Å². The number of likely N-dealkylation sites (N-methyl/N-ethyl adjacent to an activating group) is 1. The molecule has 0 amide bonds. The Morgan fingerprint density at radius 1 is 1.10 bits per heavy atom. The summed E-state index contributed by atoms with van der Waals surface area (Å²) < 4.78 is 19.1. The standard InChI is InChI=1S/C21H23NO5.C16H18N2O3/c1-11(23)25-16-6-4-13-10-15-14-5-7-17(26-12(2)24)20-21(14,8-9-22(15)3)18(13)19(16)27-20;1-4-11-12-7-5-6-9-18(12)15(14(11)16(20)21)13(19)8-10-17(2)3/h4-7,14-15,17,20H,8-10H2,1-3H3;5-10H,4H2,1-3H3,(H,20,21)/b;10-8+/t14-,15+,17-,20-,21-;/m0./s1. The largest absolute Gasteiger partial charge is 0.481 e. The Morgan fingerprint density at radius 3 is 2.54 bits per heavy atom. The van der Waals surface area contributed by atoms with Gasteiger partial charge in [0.1, 0.15) is 11.8 Å². The Labute approximate surface area is 279 Å². The minimum atomic E-state index is -1.07. The van der Waals surface area contributed by atoms with Crippen LogP contribution in [0.5, 0.6) is 11.5 Å². The van der Waals surface area contributed by atoms with Gasteiger partial charge in [0, 0.05) is 74.9 Å².